The van der Waals surface area contributed by atoms with Gasteiger partial charge in [0, 0.05) is 0 Å². The number of rotatable bonds is 3. The fourth-order valence-corrected chi connectivity index (χ4v) is 0.844. The molecule has 0 radical (unpaired) electrons. The summed E-state index contributed by atoms with van der Waals surface area (Å²) in [5, 5.41) is 19.2. The van der Waals surface area contributed by atoms with Gasteiger partial charge in [-0.3, -0.25) is 10.1 Å². The van der Waals surface area contributed by atoms with E-state index >= 15 is 0 Å². The van der Waals surface area contributed by atoms with Gasteiger partial charge < -0.3 is 9.84 Å². The molecule has 0 aromatic heterocycles. The largest absolute Gasteiger partial charge is 0.508 e. The van der Waals surface area contributed by atoms with Crippen molar-refractivity contribution in [2.75, 3.05) is 0 Å². The third-order valence-corrected chi connectivity index (χ3v) is 1.36. The van der Waals surface area contributed by atoms with Crippen LogP contribution in [0.1, 0.15) is 0 Å². The van der Waals surface area contributed by atoms with Gasteiger partial charge in [-0.05, 0) is 12.1 Å². The van der Waals surface area contributed by atoms with Crippen LogP contribution in [0.2, 0.25) is 0 Å². The van der Waals surface area contributed by atoms with Gasteiger partial charge in [0.05, 0.1) is 11.0 Å². The zero-order chi connectivity index (χ0) is 10.7. The molecule has 76 valence electrons. The Labute approximate surface area is 76.7 Å². The number of hydrogen-bond donors (Lipinski definition) is 1. The summed E-state index contributed by atoms with van der Waals surface area (Å²) in [5.41, 5.74) is -0.703. The van der Waals surface area contributed by atoms with Crippen LogP contribution in [0.4, 0.5) is 14.5 Å². The topological polar surface area (TPSA) is 72.6 Å². The smallest absolute Gasteiger partial charge is 0.387 e. The van der Waals surface area contributed by atoms with Crippen molar-refractivity contribution in [2.24, 2.45) is 0 Å². The monoisotopic (exact) mass is 205 g/mol. The molecular weight excluding hydrogens is 200 g/mol. The third-order valence-electron chi connectivity index (χ3n) is 1.36. The molecule has 1 N–H and O–H groups in total. The van der Waals surface area contributed by atoms with Gasteiger partial charge in [0.2, 0.25) is 5.75 Å². The average molecular weight is 205 g/mol. The van der Waals surface area contributed by atoms with Gasteiger partial charge in [0.15, 0.2) is 0 Å². The molecule has 0 amide bonds. The number of nitrogens with zero attached hydrogens (tertiary/aromatic N) is 1. The van der Waals surface area contributed by atoms with E-state index in [9.17, 15) is 18.9 Å². The fraction of sp³-hybridized carbons (Fsp3) is 0.143. The number of halogens is 2. The van der Waals surface area contributed by atoms with Crippen LogP contribution in [0.15, 0.2) is 18.2 Å². The lowest BCUT2D eigenvalue weighted by molar-refractivity contribution is -0.386. The summed E-state index contributed by atoms with van der Waals surface area (Å²) >= 11 is 0. The molecule has 0 saturated heterocycles. The first kappa shape index (κ1) is 10.2. The van der Waals surface area contributed by atoms with E-state index in [1.54, 1.807) is 0 Å². The normalized spacial score (nSPS) is 10.2. The predicted octanol–water partition coefficient (Wildman–Crippen LogP) is 1.90. The first-order chi connectivity index (χ1) is 6.50. The number of nitro groups is 1. The van der Waals surface area contributed by atoms with Gasteiger partial charge in [-0.2, -0.15) is 8.78 Å². The molecule has 1 aromatic carbocycles. The van der Waals surface area contributed by atoms with E-state index < -0.39 is 28.7 Å². The lowest BCUT2D eigenvalue weighted by atomic mass is 10.3. The van der Waals surface area contributed by atoms with Crippen molar-refractivity contribution in [1.29, 1.82) is 0 Å². The Hall–Kier alpha value is -1.92. The lowest BCUT2D eigenvalue weighted by Gasteiger charge is -2.04. The number of ether oxygens (including phenoxy) is 1. The van der Waals surface area contributed by atoms with Gasteiger partial charge in [-0.1, -0.05) is 0 Å². The van der Waals surface area contributed by atoms with Crippen LogP contribution in [0.5, 0.6) is 11.5 Å². The molecule has 7 heteroatoms. The molecule has 1 aromatic rings. The molecule has 0 heterocycles. The third kappa shape index (κ3) is 2.28. The molecule has 0 aliphatic heterocycles. The second-order valence-corrected chi connectivity index (χ2v) is 2.29. The minimum absolute atomic E-state index is 0.390. The molecule has 5 nitrogen and oxygen atoms in total. The van der Waals surface area contributed by atoms with Gasteiger partial charge >= 0.3 is 12.3 Å². The van der Waals surface area contributed by atoms with Crippen molar-refractivity contribution >= 4 is 5.69 Å². The number of benzene rings is 1. The highest BCUT2D eigenvalue weighted by molar-refractivity contribution is 5.50. The standard InChI is InChI=1S/C7H5F2NO4/c8-7(9)14-6-2-1-4(11)3-5(6)10(12)13/h1-3,7,11H. The van der Waals surface area contributed by atoms with E-state index in [1.807, 2.05) is 0 Å². The van der Waals surface area contributed by atoms with Crippen LogP contribution in [0.25, 0.3) is 0 Å². The SMILES string of the molecule is O=[N+]([O-])c1cc(O)ccc1OC(F)F. The summed E-state index contributed by atoms with van der Waals surface area (Å²) < 4.78 is 27.4. The Morgan fingerprint density at radius 1 is 1.50 bits per heavy atom. The Balaban J connectivity index is 3.08. The van der Waals surface area contributed by atoms with E-state index in [1.165, 1.54) is 0 Å². The van der Waals surface area contributed by atoms with Gasteiger partial charge in [0.25, 0.3) is 0 Å². The molecule has 14 heavy (non-hydrogen) atoms. The van der Waals surface area contributed by atoms with Crippen LogP contribution >= 0.6 is 0 Å². The summed E-state index contributed by atoms with van der Waals surface area (Å²) in [4.78, 5) is 9.41. The Morgan fingerprint density at radius 2 is 2.14 bits per heavy atom. The maximum absolute atomic E-state index is 11.8. The average Bonchev–Trinajstić information content (AvgIpc) is 2.07. The highest BCUT2D eigenvalue weighted by Gasteiger charge is 2.18. The van der Waals surface area contributed by atoms with Crippen molar-refractivity contribution in [3.63, 3.8) is 0 Å². The van der Waals surface area contributed by atoms with E-state index in [0.29, 0.717) is 0 Å². The Bertz CT molecular complexity index is 356. The zero-order valence-corrected chi connectivity index (χ0v) is 6.68. The van der Waals surface area contributed by atoms with E-state index in [0.717, 1.165) is 18.2 Å². The first-order valence-corrected chi connectivity index (χ1v) is 3.43. The number of alkyl halides is 2. The molecule has 0 aliphatic carbocycles. The van der Waals surface area contributed by atoms with Gasteiger partial charge in [0.1, 0.15) is 5.75 Å². The van der Waals surface area contributed by atoms with Crippen LogP contribution in [-0.2, 0) is 0 Å². The van der Waals surface area contributed by atoms with E-state index in [2.05, 4.69) is 4.74 Å². The second kappa shape index (κ2) is 3.86. The fourth-order valence-electron chi connectivity index (χ4n) is 0.844. The molecule has 0 unspecified atom stereocenters. The molecule has 1 rings (SSSR count). The zero-order valence-electron chi connectivity index (χ0n) is 6.68. The predicted molar refractivity (Wildman–Crippen MR) is 41.4 cm³/mol. The minimum Gasteiger partial charge on any atom is -0.508 e. The molecule has 0 atom stereocenters. The Kier molecular flexibility index (Phi) is 2.80. The van der Waals surface area contributed by atoms with Gasteiger partial charge in [-0.25, -0.2) is 0 Å². The maximum atomic E-state index is 11.8. The lowest BCUT2D eigenvalue weighted by Crippen LogP contribution is -2.04. The van der Waals surface area contributed by atoms with Crippen molar-refractivity contribution in [3.8, 4) is 11.5 Å². The highest BCUT2D eigenvalue weighted by Crippen LogP contribution is 2.31. The summed E-state index contributed by atoms with van der Waals surface area (Å²) in [6.07, 6.45) is 0. The van der Waals surface area contributed by atoms with Crippen LogP contribution in [0.3, 0.4) is 0 Å². The van der Waals surface area contributed by atoms with Crippen LogP contribution in [0, 0.1) is 10.1 Å². The molecule has 0 saturated carbocycles. The van der Waals surface area contributed by atoms with E-state index in [-0.39, 0.29) is 0 Å². The van der Waals surface area contributed by atoms with Crippen molar-refractivity contribution in [2.45, 2.75) is 6.61 Å². The summed E-state index contributed by atoms with van der Waals surface area (Å²) in [6.45, 7) is -3.14. The maximum Gasteiger partial charge on any atom is 0.387 e. The van der Waals surface area contributed by atoms with Crippen molar-refractivity contribution in [1.82, 2.24) is 0 Å². The van der Waals surface area contributed by atoms with Crippen molar-refractivity contribution in [3.05, 3.63) is 28.3 Å². The Morgan fingerprint density at radius 3 is 2.64 bits per heavy atom. The number of phenols is 1. The van der Waals surface area contributed by atoms with E-state index in [4.69, 9.17) is 5.11 Å². The van der Waals surface area contributed by atoms with Crippen LogP contribution < -0.4 is 4.74 Å². The molecule has 0 aliphatic rings. The molecular formula is C7H5F2NO4. The van der Waals surface area contributed by atoms with Crippen LogP contribution in [-0.4, -0.2) is 16.6 Å². The number of nitro benzene ring substituents is 1. The number of phenolic OH excluding ortho intramolecular Hbond substituents is 1. The summed E-state index contributed by atoms with van der Waals surface area (Å²) in [5.74, 6) is -0.971. The van der Waals surface area contributed by atoms with Gasteiger partial charge in [-0.15, -0.1) is 0 Å². The molecule has 0 bridgehead atoms. The number of aromatic hydroxyl groups is 1. The first-order valence-electron chi connectivity index (χ1n) is 3.43. The van der Waals surface area contributed by atoms with Crippen molar-refractivity contribution < 1.29 is 23.5 Å². The second-order valence-electron chi connectivity index (χ2n) is 2.29. The minimum atomic E-state index is -3.14. The summed E-state index contributed by atoms with van der Waals surface area (Å²) in [6, 6.07) is 2.65. The highest BCUT2D eigenvalue weighted by atomic mass is 19.3. The summed E-state index contributed by atoms with van der Waals surface area (Å²) in [7, 11) is 0. The molecule has 0 spiro atoms. The quantitative estimate of drug-likeness (QED) is 0.604. The number of hydrogen-bond acceptors (Lipinski definition) is 4. The molecule has 0 fully saturated rings.